The highest BCUT2D eigenvalue weighted by Crippen LogP contribution is 2.38. The van der Waals surface area contributed by atoms with E-state index in [1.54, 1.807) is 6.07 Å². The lowest BCUT2D eigenvalue weighted by Crippen LogP contribution is -2.45. The number of carbonyl (C=O) groups excluding carboxylic acids is 2. The average molecular weight is 325 g/mol. The average Bonchev–Trinajstić information content (AvgIpc) is 2.72. The largest absolute Gasteiger partial charge is 0.486 e. The number of ether oxygens (including phenoxy) is 2. The zero-order valence-electron chi connectivity index (χ0n) is 12.0. The van der Waals surface area contributed by atoms with Gasteiger partial charge in [-0.15, -0.1) is 0 Å². The van der Waals surface area contributed by atoms with Gasteiger partial charge in [0.2, 0.25) is 5.91 Å². The number of carbonyl (C=O) groups is 2. The summed E-state index contributed by atoms with van der Waals surface area (Å²) in [7, 11) is 0. The highest BCUT2D eigenvalue weighted by molar-refractivity contribution is 6.32. The molecule has 0 saturated carbocycles. The summed E-state index contributed by atoms with van der Waals surface area (Å²) in [6, 6.07) is 2.60. The first kappa shape index (κ1) is 15.0. The van der Waals surface area contributed by atoms with Crippen LogP contribution in [0.4, 0.5) is 0 Å². The number of benzene rings is 1. The quantitative estimate of drug-likeness (QED) is 0.864. The van der Waals surface area contributed by atoms with Gasteiger partial charge in [0, 0.05) is 12.1 Å². The van der Waals surface area contributed by atoms with Gasteiger partial charge in [0.15, 0.2) is 11.5 Å². The molecule has 0 aromatic heterocycles. The molecule has 118 valence electrons. The summed E-state index contributed by atoms with van der Waals surface area (Å²) in [6.45, 7) is 1.50. The third-order valence-corrected chi connectivity index (χ3v) is 3.98. The molecule has 0 bridgehead atoms. The Labute approximate surface area is 133 Å². The lowest BCUT2D eigenvalue weighted by atomic mass is 10.1. The van der Waals surface area contributed by atoms with E-state index in [4.69, 9.17) is 21.1 Å². The summed E-state index contributed by atoms with van der Waals surface area (Å²) in [4.78, 5) is 24.2. The van der Waals surface area contributed by atoms with Crippen LogP contribution in [0.1, 0.15) is 29.6 Å². The van der Waals surface area contributed by atoms with Crippen LogP contribution in [0.2, 0.25) is 5.02 Å². The topological polar surface area (TPSA) is 76.7 Å². The Balaban J connectivity index is 1.77. The van der Waals surface area contributed by atoms with Crippen molar-refractivity contribution in [2.75, 3.05) is 19.8 Å². The minimum absolute atomic E-state index is 0.144. The van der Waals surface area contributed by atoms with E-state index < -0.39 is 6.04 Å². The van der Waals surface area contributed by atoms with Crippen LogP contribution in [-0.4, -0.2) is 37.6 Å². The van der Waals surface area contributed by atoms with E-state index in [1.165, 1.54) is 6.07 Å². The van der Waals surface area contributed by atoms with Gasteiger partial charge in [-0.2, -0.15) is 0 Å². The molecule has 0 aliphatic carbocycles. The molecule has 1 saturated heterocycles. The highest BCUT2D eigenvalue weighted by atomic mass is 35.5. The maximum absolute atomic E-state index is 12.4. The van der Waals surface area contributed by atoms with Crippen LogP contribution in [0.15, 0.2) is 12.1 Å². The first-order valence-corrected chi connectivity index (χ1v) is 7.70. The smallest absolute Gasteiger partial charge is 0.252 e. The Morgan fingerprint density at radius 3 is 2.95 bits per heavy atom. The number of hydrogen-bond donors (Lipinski definition) is 2. The molecule has 0 spiro atoms. The van der Waals surface area contributed by atoms with Crippen LogP contribution < -0.4 is 20.1 Å². The monoisotopic (exact) mass is 324 g/mol. The van der Waals surface area contributed by atoms with Gasteiger partial charge in [0.25, 0.3) is 5.91 Å². The number of fused-ring (bicyclic) bond motifs is 1. The molecule has 3 rings (SSSR count). The second-order valence-electron chi connectivity index (χ2n) is 5.30. The molecule has 2 N–H and O–H groups in total. The fourth-order valence-corrected chi connectivity index (χ4v) is 2.83. The Hall–Kier alpha value is -1.95. The summed E-state index contributed by atoms with van der Waals surface area (Å²) in [5.74, 6) is 0.418. The second kappa shape index (κ2) is 6.44. The summed E-state index contributed by atoms with van der Waals surface area (Å²) in [5, 5.41) is 5.87. The van der Waals surface area contributed by atoms with Crippen LogP contribution in [0.5, 0.6) is 11.5 Å². The molecule has 2 aliphatic heterocycles. The molecule has 0 radical (unpaired) electrons. The number of halogens is 1. The van der Waals surface area contributed by atoms with E-state index >= 15 is 0 Å². The first-order chi connectivity index (χ1) is 10.6. The molecule has 7 heteroatoms. The molecule has 0 unspecified atom stereocenters. The summed E-state index contributed by atoms with van der Waals surface area (Å²) < 4.78 is 10.9. The maximum atomic E-state index is 12.4. The predicted molar refractivity (Wildman–Crippen MR) is 80.6 cm³/mol. The molecular formula is C15H17ClN2O4. The zero-order valence-corrected chi connectivity index (χ0v) is 12.7. The lowest BCUT2D eigenvalue weighted by Gasteiger charge is -2.21. The van der Waals surface area contributed by atoms with Gasteiger partial charge < -0.3 is 20.1 Å². The van der Waals surface area contributed by atoms with Crippen molar-refractivity contribution in [2.24, 2.45) is 0 Å². The number of hydrogen-bond acceptors (Lipinski definition) is 4. The molecule has 2 aliphatic rings. The van der Waals surface area contributed by atoms with Crippen molar-refractivity contribution in [2.45, 2.75) is 25.3 Å². The molecular weight excluding hydrogens is 308 g/mol. The first-order valence-electron chi connectivity index (χ1n) is 7.33. The highest BCUT2D eigenvalue weighted by Gasteiger charge is 2.25. The van der Waals surface area contributed by atoms with Gasteiger partial charge in [-0.1, -0.05) is 11.6 Å². The summed E-state index contributed by atoms with van der Waals surface area (Å²) >= 11 is 6.12. The van der Waals surface area contributed by atoms with Crippen LogP contribution in [-0.2, 0) is 4.79 Å². The molecule has 1 aromatic rings. The summed E-state index contributed by atoms with van der Waals surface area (Å²) in [5.41, 5.74) is 0.353. The van der Waals surface area contributed by atoms with Gasteiger partial charge in [-0.05, 0) is 31.4 Å². The van der Waals surface area contributed by atoms with E-state index in [2.05, 4.69) is 10.6 Å². The SMILES string of the molecule is O=C(N[C@H]1CCCCNC1=O)c1cc(Cl)c2c(c1)OCCO2. The Morgan fingerprint density at radius 1 is 1.27 bits per heavy atom. The van der Waals surface area contributed by atoms with Gasteiger partial charge in [-0.3, -0.25) is 9.59 Å². The standard InChI is InChI=1S/C15H17ClN2O4/c16-10-7-9(8-12-13(10)22-6-5-21-12)14(19)18-11-3-1-2-4-17-15(11)20/h7-8,11H,1-6H2,(H,17,20)(H,18,19)/t11-/m0/s1. The van der Waals surface area contributed by atoms with Crippen molar-refractivity contribution in [1.82, 2.24) is 10.6 Å². The zero-order chi connectivity index (χ0) is 15.5. The molecule has 6 nitrogen and oxygen atoms in total. The Morgan fingerprint density at radius 2 is 2.09 bits per heavy atom. The second-order valence-corrected chi connectivity index (χ2v) is 5.70. The van der Waals surface area contributed by atoms with E-state index in [0.717, 1.165) is 12.8 Å². The molecule has 1 fully saturated rings. The van der Waals surface area contributed by atoms with Crippen molar-refractivity contribution < 1.29 is 19.1 Å². The summed E-state index contributed by atoms with van der Waals surface area (Å²) in [6.07, 6.45) is 2.45. The van der Waals surface area contributed by atoms with Crippen LogP contribution >= 0.6 is 11.6 Å². The molecule has 22 heavy (non-hydrogen) atoms. The van der Waals surface area contributed by atoms with Gasteiger partial charge >= 0.3 is 0 Å². The molecule has 1 aromatic carbocycles. The van der Waals surface area contributed by atoms with Crippen LogP contribution in [0.3, 0.4) is 0 Å². The van der Waals surface area contributed by atoms with Crippen molar-refractivity contribution in [1.29, 1.82) is 0 Å². The van der Waals surface area contributed by atoms with Crippen molar-refractivity contribution in [3.05, 3.63) is 22.7 Å². The molecule has 2 heterocycles. The Kier molecular flexibility index (Phi) is 4.38. The van der Waals surface area contributed by atoms with Gasteiger partial charge in [0.05, 0.1) is 5.02 Å². The number of amides is 2. The van der Waals surface area contributed by atoms with Crippen molar-refractivity contribution in [3.8, 4) is 11.5 Å². The number of rotatable bonds is 2. The van der Waals surface area contributed by atoms with E-state index in [-0.39, 0.29) is 11.8 Å². The molecule has 2 amide bonds. The van der Waals surface area contributed by atoms with Crippen molar-refractivity contribution >= 4 is 23.4 Å². The predicted octanol–water partition coefficient (Wildman–Crippen LogP) is 1.51. The lowest BCUT2D eigenvalue weighted by molar-refractivity contribution is -0.122. The van der Waals surface area contributed by atoms with E-state index in [0.29, 0.717) is 48.3 Å². The number of nitrogens with one attached hydrogen (secondary N) is 2. The molecule has 1 atom stereocenters. The third kappa shape index (κ3) is 3.11. The van der Waals surface area contributed by atoms with Crippen LogP contribution in [0, 0.1) is 0 Å². The third-order valence-electron chi connectivity index (χ3n) is 3.70. The van der Waals surface area contributed by atoms with Gasteiger partial charge in [0.1, 0.15) is 19.3 Å². The maximum Gasteiger partial charge on any atom is 0.252 e. The fourth-order valence-electron chi connectivity index (χ4n) is 2.56. The normalized spacial score (nSPS) is 20.8. The van der Waals surface area contributed by atoms with E-state index in [1.807, 2.05) is 0 Å². The van der Waals surface area contributed by atoms with E-state index in [9.17, 15) is 9.59 Å². The minimum Gasteiger partial charge on any atom is -0.486 e. The van der Waals surface area contributed by atoms with Crippen LogP contribution in [0.25, 0.3) is 0 Å². The Bertz CT molecular complexity index is 605. The minimum atomic E-state index is -0.512. The van der Waals surface area contributed by atoms with Crippen molar-refractivity contribution in [3.63, 3.8) is 0 Å². The fraction of sp³-hybridized carbons (Fsp3) is 0.467. The van der Waals surface area contributed by atoms with Gasteiger partial charge in [-0.25, -0.2) is 0 Å².